The van der Waals surface area contributed by atoms with Crippen LogP contribution in [0.2, 0.25) is 10.0 Å². The van der Waals surface area contributed by atoms with E-state index in [4.69, 9.17) is 23.2 Å². The van der Waals surface area contributed by atoms with E-state index >= 15 is 0 Å². The van der Waals surface area contributed by atoms with Gasteiger partial charge in [-0.2, -0.15) is 5.26 Å². The number of anilines is 1. The number of rotatable bonds is 8. The summed E-state index contributed by atoms with van der Waals surface area (Å²) in [6.07, 6.45) is 4.73. The highest BCUT2D eigenvalue weighted by Gasteiger charge is 2.58. The first-order chi connectivity index (χ1) is 21.0. The highest BCUT2D eigenvalue weighted by atomic mass is 35.5. The summed E-state index contributed by atoms with van der Waals surface area (Å²) in [5.41, 5.74) is -0.0873. The molecule has 3 saturated carbocycles. The van der Waals surface area contributed by atoms with Crippen molar-refractivity contribution in [2.75, 3.05) is 37.6 Å². The van der Waals surface area contributed by atoms with Crippen molar-refractivity contribution in [2.45, 2.75) is 78.1 Å². The third-order valence-electron chi connectivity index (χ3n) is 10.1. The monoisotopic (exact) mass is 655 g/mol. The Kier molecular flexibility index (Phi) is 7.40. The highest BCUT2D eigenvalue weighted by molar-refractivity contribution is 7.92. The highest BCUT2D eigenvalue weighted by Crippen LogP contribution is 2.51. The molecular weight excluding hydrogens is 621 g/mol. The predicted octanol–water partition coefficient (Wildman–Crippen LogP) is 3.93. The van der Waals surface area contributed by atoms with E-state index in [1.54, 1.807) is 30.3 Å². The summed E-state index contributed by atoms with van der Waals surface area (Å²) in [6.45, 7) is 3.53. The third kappa shape index (κ3) is 5.36. The molecular formula is C32H35Cl2N5O4S. The molecule has 7 rings (SSSR count). The van der Waals surface area contributed by atoms with Gasteiger partial charge in [0.25, 0.3) is 0 Å². The number of likely N-dealkylation sites (tertiary alicyclic amines) is 1. The van der Waals surface area contributed by atoms with E-state index in [1.807, 2.05) is 12.1 Å². The maximum Gasteiger partial charge on any atom is 0.244 e. The van der Waals surface area contributed by atoms with Crippen molar-refractivity contribution in [2.24, 2.45) is 0 Å². The fraction of sp³-hybridized carbons (Fsp3) is 0.531. The molecule has 232 valence electrons. The van der Waals surface area contributed by atoms with E-state index in [9.17, 15) is 23.3 Å². The molecule has 5 aliphatic rings. The summed E-state index contributed by atoms with van der Waals surface area (Å²) >= 11 is 12.8. The molecule has 2 aliphatic heterocycles. The lowest BCUT2D eigenvalue weighted by atomic mass is 9.94. The zero-order valence-electron chi connectivity index (χ0n) is 24.3. The SMILES string of the molecule is N#CC1(NC(=O)[C@@H]2CC(S(=O)(=O)c3ccc(N4CCN(C5CC5)CC4)cc3Cl)CN2C(=O)C2(c3ccc(Cl)cc3)CC2)CC1. The van der Waals surface area contributed by atoms with Gasteiger partial charge in [-0.15, -0.1) is 0 Å². The van der Waals surface area contributed by atoms with Crippen molar-refractivity contribution in [3.63, 3.8) is 0 Å². The molecule has 44 heavy (non-hydrogen) atoms. The van der Waals surface area contributed by atoms with E-state index in [-0.39, 0.29) is 28.8 Å². The average Bonchev–Trinajstić information content (AvgIpc) is 3.92. The zero-order valence-corrected chi connectivity index (χ0v) is 26.7. The van der Waals surface area contributed by atoms with Crippen LogP contribution in [0.1, 0.15) is 50.5 Å². The number of halogens is 2. The summed E-state index contributed by atoms with van der Waals surface area (Å²) in [5.74, 6) is -0.764. The Morgan fingerprint density at radius 2 is 1.64 bits per heavy atom. The molecule has 2 heterocycles. The fourth-order valence-electron chi connectivity index (χ4n) is 6.88. The van der Waals surface area contributed by atoms with Crippen molar-refractivity contribution in [1.82, 2.24) is 15.1 Å². The minimum Gasteiger partial charge on any atom is -0.369 e. The van der Waals surface area contributed by atoms with Crippen LogP contribution in [0.25, 0.3) is 0 Å². The minimum atomic E-state index is -4.01. The predicted molar refractivity (Wildman–Crippen MR) is 167 cm³/mol. The number of nitriles is 1. The van der Waals surface area contributed by atoms with E-state index in [2.05, 4.69) is 21.2 Å². The number of sulfone groups is 1. The molecule has 2 saturated heterocycles. The second kappa shape index (κ2) is 10.9. The Morgan fingerprint density at radius 3 is 2.20 bits per heavy atom. The Hall–Kier alpha value is -2.84. The Balaban J connectivity index is 1.13. The van der Waals surface area contributed by atoms with E-state index in [1.165, 1.54) is 17.7 Å². The first kappa shape index (κ1) is 29.8. The molecule has 1 N–H and O–H groups in total. The van der Waals surface area contributed by atoms with Gasteiger partial charge >= 0.3 is 0 Å². The molecule has 5 fully saturated rings. The van der Waals surface area contributed by atoms with Gasteiger partial charge < -0.3 is 15.1 Å². The van der Waals surface area contributed by atoms with Gasteiger partial charge in [0.15, 0.2) is 9.84 Å². The van der Waals surface area contributed by atoms with Crippen molar-refractivity contribution in [3.05, 3.63) is 58.1 Å². The molecule has 1 unspecified atom stereocenters. The molecule has 2 atom stereocenters. The normalized spacial score (nSPS) is 25.8. The van der Waals surface area contributed by atoms with Crippen LogP contribution in [0.3, 0.4) is 0 Å². The van der Waals surface area contributed by atoms with E-state index in [0.29, 0.717) is 36.7 Å². The number of carbonyl (C=O) groups is 2. The summed E-state index contributed by atoms with van der Waals surface area (Å²) < 4.78 is 28.2. The molecule has 2 aromatic rings. The smallest absolute Gasteiger partial charge is 0.244 e. The van der Waals surface area contributed by atoms with Gasteiger partial charge in [0.05, 0.1) is 26.7 Å². The summed E-state index contributed by atoms with van der Waals surface area (Å²) in [5, 5.41) is 12.0. The maximum atomic E-state index is 14.2. The van der Waals surface area contributed by atoms with Crippen LogP contribution in [0.4, 0.5) is 5.69 Å². The number of hydrogen-bond acceptors (Lipinski definition) is 7. The largest absolute Gasteiger partial charge is 0.369 e. The second-order valence-corrected chi connectivity index (χ2v) is 16.1. The number of nitrogens with zero attached hydrogens (tertiary/aromatic N) is 4. The lowest BCUT2D eigenvalue weighted by Gasteiger charge is -2.36. The second-order valence-electron chi connectivity index (χ2n) is 13.0. The van der Waals surface area contributed by atoms with E-state index in [0.717, 1.165) is 37.4 Å². The maximum absolute atomic E-state index is 14.2. The molecule has 2 amide bonds. The molecule has 12 heteroatoms. The summed E-state index contributed by atoms with van der Waals surface area (Å²) in [7, 11) is -4.01. The van der Waals surface area contributed by atoms with Crippen LogP contribution in [0.15, 0.2) is 47.4 Å². The molecule has 9 nitrogen and oxygen atoms in total. The topological polar surface area (TPSA) is 114 Å². The van der Waals surface area contributed by atoms with Crippen molar-refractivity contribution >= 4 is 50.5 Å². The number of amides is 2. The van der Waals surface area contributed by atoms with Crippen LogP contribution < -0.4 is 10.2 Å². The zero-order chi connectivity index (χ0) is 30.9. The third-order valence-corrected chi connectivity index (χ3v) is 13.0. The number of carbonyl (C=O) groups excluding carboxylic acids is 2. The van der Waals surface area contributed by atoms with Crippen molar-refractivity contribution in [1.29, 1.82) is 5.26 Å². The van der Waals surface area contributed by atoms with Crippen LogP contribution in [0, 0.1) is 11.3 Å². The lowest BCUT2D eigenvalue weighted by Crippen LogP contribution is -2.51. The van der Waals surface area contributed by atoms with Gasteiger partial charge in [-0.3, -0.25) is 14.5 Å². The van der Waals surface area contributed by atoms with Gasteiger partial charge in [0, 0.05) is 49.5 Å². The summed E-state index contributed by atoms with van der Waals surface area (Å²) in [4.78, 5) is 33.9. The van der Waals surface area contributed by atoms with Gasteiger partial charge in [0.2, 0.25) is 11.8 Å². The van der Waals surface area contributed by atoms with Crippen LogP contribution in [-0.4, -0.2) is 85.6 Å². The van der Waals surface area contributed by atoms with Gasteiger partial charge in [-0.05, 0) is 80.8 Å². The van der Waals surface area contributed by atoms with Gasteiger partial charge in [0.1, 0.15) is 11.6 Å². The van der Waals surface area contributed by atoms with Crippen molar-refractivity contribution < 1.29 is 18.0 Å². The molecule has 3 aliphatic carbocycles. The molecule has 0 bridgehead atoms. The fourth-order valence-corrected chi connectivity index (χ4v) is 9.24. The Morgan fingerprint density at radius 1 is 0.955 bits per heavy atom. The first-order valence-corrected chi connectivity index (χ1v) is 17.7. The Labute approximate surface area is 268 Å². The standard InChI is InChI=1S/C32H35Cl2N5O4S/c33-22-3-1-21(2-4-22)32(11-12-32)30(41)39-19-25(18-27(39)29(40)36-31(20-35)9-10-31)44(42,43)28-8-7-24(17-26(28)34)38-15-13-37(14-16-38)23-5-6-23/h1-4,7-8,17,23,25,27H,5-6,9-16,18-19H2,(H,36,40)/t25?,27-/m0/s1. The summed E-state index contributed by atoms with van der Waals surface area (Å²) in [6, 6.07) is 14.0. The first-order valence-electron chi connectivity index (χ1n) is 15.4. The number of benzene rings is 2. The number of piperazine rings is 1. The van der Waals surface area contributed by atoms with Crippen LogP contribution in [-0.2, 0) is 24.8 Å². The molecule has 2 aromatic carbocycles. The van der Waals surface area contributed by atoms with Crippen LogP contribution >= 0.6 is 23.2 Å². The van der Waals surface area contributed by atoms with Crippen molar-refractivity contribution in [3.8, 4) is 6.07 Å². The number of nitrogens with one attached hydrogen (secondary N) is 1. The van der Waals surface area contributed by atoms with Gasteiger partial charge in [-0.25, -0.2) is 8.42 Å². The lowest BCUT2D eigenvalue weighted by molar-refractivity contribution is -0.140. The number of hydrogen-bond donors (Lipinski definition) is 1. The quantitative estimate of drug-likeness (QED) is 0.458. The average molecular weight is 657 g/mol. The molecule has 0 radical (unpaired) electrons. The minimum absolute atomic E-state index is 0.00696. The van der Waals surface area contributed by atoms with Gasteiger partial charge in [-0.1, -0.05) is 35.3 Å². The van der Waals surface area contributed by atoms with Crippen LogP contribution in [0.5, 0.6) is 0 Å². The molecule has 0 spiro atoms. The Bertz CT molecular complexity index is 1640. The van der Waals surface area contributed by atoms with E-state index < -0.39 is 38.0 Å². The molecule has 0 aromatic heterocycles.